The molecule has 136 valence electrons. The Bertz CT molecular complexity index is 855. The SMILES string of the molecule is C[C@H](Nc1nc(N)nc([S+](C)[O-])c1C#N)C(=O)Nc1cccc(CF)c1. The van der Waals surface area contributed by atoms with Crippen LogP contribution >= 0.6 is 0 Å². The molecule has 2 aromatic rings. The van der Waals surface area contributed by atoms with Crippen molar-refractivity contribution >= 4 is 34.5 Å². The maximum Gasteiger partial charge on any atom is 0.269 e. The van der Waals surface area contributed by atoms with E-state index >= 15 is 0 Å². The summed E-state index contributed by atoms with van der Waals surface area (Å²) in [6, 6.07) is 7.45. The van der Waals surface area contributed by atoms with Crippen molar-refractivity contribution < 1.29 is 13.7 Å². The van der Waals surface area contributed by atoms with Crippen LogP contribution in [0.4, 0.5) is 21.8 Å². The van der Waals surface area contributed by atoms with E-state index in [4.69, 9.17) is 5.73 Å². The summed E-state index contributed by atoms with van der Waals surface area (Å²) in [4.78, 5) is 20.1. The van der Waals surface area contributed by atoms with Gasteiger partial charge in [-0.3, -0.25) is 4.79 Å². The fraction of sp³-hybridized carbons (Fsp3) is 0.250. The summed E-state index contributed by atoms with van der Waals surface area (Å²) in [5.41, 5.74) is 6.42. The van der Waals surface area contributed by atoms with E-state index in [1.54, 1.807) is 25.1 Å². The molecule has 0 aliphatic rings. The Kier molecular flexibility index (Phi) is 6.32. The number of nitrogen functional groups attached to an aromatic ring is 1. The summed E-state index contributed by atoms with van der Waals surface area (Å²) < 4.78 is 24.4. The number of nitrogens with one attached hydrogen (secondary N) is 2. The molecule has 0 saturated heterocycles. The Hall–Kier alpha value is -2.90. The zero-order valence-electron chi connectivity index (χ0n) is 14.1. The number of anilines is 3. The van der Waals surface area contributed by atoms with Gasteiger partial charge in [0.15, 0.2) is 11.4 Å². The van der Waals surface area contributed by atoms with Gasteiger partial charge in [-0.15, -0.1) is 0 Å². The number of nitrogens with zero attached hydrogens (tertiary/aromatic N) is 3. The lowest BCUT2D eigenvalue weighted by Gasteiger charge is -2.16. The molecule has 8 nitrogen and oxygen atoms in total. The van der Waals surface area contributed by atoms with Crippen molar-refractivity contribution in [3.05, 3.63) is 35.4 Å². The quantitative estimate of drug-likeness (QED) is 0.513. The Morgan fingerprint density at radius 1 is 1.50 bits per heavy atom. The van der Waals surface area contributed by atoms with E-state index in [1.165, 1.54) is 12.3 Å². The van der Waals surface area contributed by atoms with Gasteiger partial charge in [0.25, 0.3) is 5.03 Å². The number of rotatable bonds is 6. The molecule has 0 fully saturated rings. The number of amides is 1. The highest BCUT2D eigenvalue weighted by Crippen LogP contribution is 2.22. The highest BCUT2D eigenvalue weighted by atomic mass is 32.2. The smallest absolute Gasteiger partial charge is 0.269 e. The number of benzene rings is 1. The molecule has 0 saturated carbocycles. The molecule has 1 aromatic carbocycles. The van der Waals surface area contributed by atoms with Crippen LogP contribution in [-0.2, 0) is 22.6 Å². The maximum atomic E-state index is 12.7. The van der Waals surface area contributed by atoms with Crippen molar-refractivity contribution in [2.24, 2.45) is 0 Å². The highest BCUT2D eigenvalue weighted by molar-refractivity contribution is 7.90. The minimum Gasteiger partial charge on any atom is -0.610 e. The number of hydrogen-bond acceptors (Lipinski definition) is 7. The van der Waals surface area contributed by atoms with Gasteiger partial charge in [-0.2, -0.15) is 15.2 Å². The summed E-state index contributed by atoms with van der Waals surface area (Å²) >= 11 is -1.55. The van der Waals surface area contributed by atoms with Crippen LogP contribution in [0.1, 0.15) is 18.1 Å². The predicted octanol–water partition coefficient (Wildman–Crippen LogP) is 1.58. The van der Waals surface area contributed by atoms with Gasteiger partial charge in [-0.25, -0.2) is 4.39 Å². The van der Waals surface area contributed by atoms with E-state index < -0.39 is 29.8 Å². The molecule has 1 heterocycles. The number of nitrogens with two attached hydrogens (primary N) is 1. The van der Waals surface area contributed by atoms with E-state index in [0.717, 1.165) is 0 Å². The van der Waals surface area contributed by atoms with E-state index in [-0.39, 0.29) is 22.4 Å². The highest BCUT2D eigenvalue weighted by Gasteiger charge is 2.23. The molecule has 10 heteroatoms. The molecule has 1 unspecified atom stereocenters. The van der Waals surface area contributed by atoms with Gasteiger partial charge in [0.1, 0.15) is 25.0 Å². The van der Waals surface area contributed by atoms with E-state index in [1.807, 2.05) is 6.07 Å². The average Bonchev–Trinajstić information content (AvgIpc) is 2.61. The van der Waals surface area contributed by atoms with Gasteiger partial charge >= 0.3 is 0 Å². The number of aromatic nitrogens is 2. The zero-order valence-corrected chi connectivity index (χ0v) is 14.9. The average molecular weight is 376 g/mol. The van der Waals surface area contributed by atoms with Crippen molar-refractivity contribution in [2.45, 2.75) is 24.7 Å². The third-order valence-corrected chi connectivity index (χ3v) is 4.21. The van der Waals surface area contributed by atoms with Crippen molar-refractivity contribution in [3.63, 3.8) is 0 Å². The number of hydrogen-bond donors (Lipinski definition) is 3. The molecule has 1 amide bonds. The first-order valence-electron chi connectivity index (χ1n) is 7.49. The second-order valence-electron chi connectivity index (χ2n) is 5.37. The second-order valence-corrected chi connectivity index (χ2v) is 6.66. The van der Waals surface area contributed by atoms with E-state index in [9.17, 15) is 19.0 Å². The Morgan fingerprint density at radius 3 is 2.85 bits per heavy atom. The lowest BCUT2D eigenvalue weighted by atomic mass is 10.2. The first-order chi connectivity index (χ1) is 12.3. The van der Waals surface area contributed by atoms with Gasteiger partial charge in [-0.1, -0.05) is 12.1 Å². The maximum absolute atomic E-state index is 12.7. The lowest BCUT2D eigenvalue weighted by molar-refractivity contribution is -0.116. The standard InChI is InChI=1S/C16H17FN6O2S/c1-9(14(24)21-11-5-3-4-10(6-11)7-17)20-13-12(8-18)15(26(2)25)23-16(19)22-13/h3-6,9H,7H2,1-2H3,(H,21,24)(H3,19,20,22,23)/t9-,26?/m0/s1. The van der Waals surface area contributed by atoms with Crippen LogP contribution in [0, 0.1) is 11.3 Å². The van der Waals surface area contributed by atoms with Crippen molar-refractivity contribution in [2.75, 3.05) is 22.6 Å². The van der Waals surface area contributed by atoms with E-state index in [2.05, 4.69) is 20.6 Å². The van der Waals surface area contributed by atoms with Crippen LogP contribution in [0.2, 0.25) is 0 Å². The number of halogens is 1. The summed E-state index contributed by atoms with van der Waals surface area (Å²) in [5.74, 6) is -0.577. The number of nitriles is 1. The van der Waals surface area contributed by atoms with E-state index in [0.29, 0.717) is 11.3 Å². The lowest BCUT2D eigenvalue weighted by Crippen LogP contribution is -2.33. The summed E-state index contributed by atoms with van der Waals surface area (Å²) in [6.07, 6.45) is 1.36. The Balaban J connectivity index is 2.20. The summed E-state index contributed by atoms with van der Waals surface area (Å²) in [6.45, 7) is 0.913. The van der Waals surface area contributed by atoms with Crippen molar-refractivity contribution in [1.82, 2.24) is 9.97 Å². The first kappa shape index (κ1) is 19.4. The van der Waals surface area contributed by atoms with Crippen LogP contribution in [0.3, 0.4) is 0 Å². The molecule has 0 aliphatic heterocycles. The largest absolute Gasteiger partial charge is 0.610 e. The molecular formula is C16H17FN6O2S. The van der Waals surface area contributed by atoms with Gasteiger partial charge < -0.3 is 20.9 Å². The van der Waals surface area contributed by atoms with Crippen molar-refractivity contribution in [1.29, 1.82) is 5.26 Å². The molecule has 0 radical (unpaired) electrons. The topological polar surface area (TPSA) is 140 Å². The van der Waals surface area contributed by atoms with Gasteiger partial charge in [0.2, 0.25) is 11.9 Å². The zero-order chi connectivity index (χ0) is 19.3. The fourth-order valence-corrected chi connectivity index (χ4v) is 2.78. The minimum absolute atomic E-state index is 0.00856. The molecule has 0 spiro atoms. The summed E-state index contributed by atoms with van der Waals surface area (Å²) in [7, 11) is 0. The van der Waals surface area contributed by atoms with Gasteiger partial charge in [-0.05, 0) is 24.6 Å². The summed E-state index contributed by atoms with van der Waals surface area (Å²) in [5, 5.41) is 14.7. The Labute approximate surface area is 152 Å². The molecule has 2 atom stereocenters. The van der Waals surface area contributed by atoms with Crippen LogP contribution < -0.4 is 16.4 Å². The molecule has 4 N–H and O–H groups in total. The van der Waals surface area contributed by atoms with Gasteiger partial charge in [0, 0.05) is 16.9 Å². The van der Waals surface area contributed by atoms with Gasteiger partial charge in [0.05, 0.1) is 0 Å². The molecular weight excluding hydrogens is 359 g/mol. The number of carbonyl (C=O) groups is 1. The first-order valence-corrected chi connectivity index (χ1v) is 9.04. The van der Waals surface area contributed by atoms with Crippen LogP contribution in [0.15, 0.2) is 29.3 Å². The Morgan fingerprint density at radius 2 is 2.23 bits per heavy atom. The third-order valence-electron chi connectivity index (χ3n) is 3.37. The molecule has 0 aliphatic carbocycles. The minimum atomic E-state index is -1.55. The third kappa shape index (κ3) is 4.59. The van der Waals surface area contributed by atoms with Crippen molar-refractivity contribution in [3.8, 4) is 6.07 Å². The van der Waals surface area contributed by atoms with Crippen LogP contribution in [-0.4, -0.2) is 32.7 Å². The number of carbonyl (C=O) groups excluding carboxylic acids is 1. The molecule has 1 aromatic heterocycles. The molecule has 0 bridgehead atoms. The predicted molar refractivity (Wildman–Crippen MR) is 96.5 cm³/mol. The van der Waals surface area contributed by atoms with Crippen LogP contribution in [0.25, 0.3) is 0 Å². The fourth-order valence-electron chi connectivity index (χ4n) is 2.12. The second kappa shape index (κ2) is 8.46. The normalized spacial score (nSPS) is 12.7. The molecule has 2 rings (SSSR count). The number of alkyl halides is 1. The monoisotopic (exact) mass is 376 g/mol. The van der Waals surface area contributed by atoms with Crippen LogP contribution in [0.5, 0.6) is 0 Å². The molecule has 26 heavy (non-hydrogen) atoms.